The number of benzene rings is 1. The Morgan fingerprint density at radius 1 is 1.12 bits per heavy atom. The molecule has 2 unspecified atom stereocenters. The minimum absolute atomic E-state index is 0.0344. The van der Waals surface area contributed by atoms with Crippen molar-refractivity contribution in [2.75, 3.05) is 20.3 Å². The predicted molar refractivity (Wildman–Crippen MR) is 103 cm³/mol. The average molecular weight is 348 g/mol. The molecule has 2 atom stereocenters. The van der Waals surface area contributed by atoms with E-state index in [1.807, 2.05) is 45.0 Å². The third kappa shape index (κ3) is 8.03. The third-order valence-electron chi connectivity index (χ3n) is 3.77. The number of methoxy groups -OCH3 is 1. The van der Waals surface area contributed by atoms with Crippen LogP contribution in [0.1, 0.15) is 50.0 Å². The zero-order valence-electron chi connectivity index (χ0n) is 16.1. The van der Waals surface area contributed by atoms with Crippen LogP contribution in [0.4, 0.5) is 0 Å². The lowest BCUT2D eigenvalue weighted by Gasteiger charge is -2.17. The number of hydrogen-bond acceptors (Lipinski definition) is 3. The molecule has 6 nitrogen and oxygen atoms in total. The zero-order chi connectivity index (χ0) is 18.7. The van der Waals surface area contributed by atoms with E-state index in [4.69, 9.17) is 4.74 Å². The lowest BCUT2D eigenvalue weighted by Crippen LogP contribution is -2.43. The first-order valence-corrected chi connectivity index (χ1v) is 8.93. The minimum Gasteiger partial charge on any atom is -0.383 e. The van der Waals surface area contributed by atoms with Crippen molar-refractivity contribution < 1.29 is 9.53 Å². The summed E-state index contributed by atoms with van der Waals surface area (Å²) < 4.78 is 5.13. The number of guanidine groups is 1. The van der Waals surface area contributed by atoms with E-state index in [0.717, 1.165) is 24.5 Å². The van der Waals surface area contributed by atoms with Crippen LogP contribution in [-0.2, 0) is 11.3 Å². The maximum Gasteiger partial charge on any atom is 0.251 e. The highest BCUT2D eigenvalue weighted by molar-refractivity contribution is 5.94. The van der Waals surface area contributed by atoms with Crippen LogP contribution in [0, 0.1) is 0 Å². The lowest BCUT2D eigenvalue weighted by atomic mass is 10.1. The molecule has 140 valence electrons. The highest BCUT2D eigenvalue weighted by Gasteiger charge is 2.08. The van der Waals surface area contributed by atoms with Crippen molar-refractivity contribution >= 4 is 11.9 Å². The fraction of sp³-hybridized carbons (Fsp3) is 0.579. The summed E-state index contributed by atoms with van der Waals surface area (Å²) in [6.07, 6.45) is 0.917. The molecule has 0 fully saturated rings. The monoisotopic (exact) mass is 348 g/mol. The van der Waals surface area contributed by atoms with Gasteiger partial charge in [0.25, 0.3) is 5.91 Å². The van der Waals surface area contributed by atoms with Crippen LogP contribution in [0.15, 0.2) is 29.3 Å². The summed E-state index contributed by atoms with van der Waals surface area (Å²) in [5.41, 5.74) is 1.73. The fourth-order valence-electron chi connectivity index (χ4n) is 2.19. The number of nitrogens with one attached hydrogen (secondary N) is 3. The Kier molecular flexibility index (Phi) is 9.62. The Bertz CT molecular complexity index is 543. The van der Waals surface area contributed by atoms with Gasteiger partial charge in [0.2, 0.25) is 0 Å². The summed E-state index contributed by atoms with van der Waals surface area (Å²) in [6, 6.07) is 7.93. The molecule has 25 heavy (non-hydrogen) atoms. The number of hydrogen-bond donors (Lipinski definition) is 3. The van der Waals surface area contributed by atoms with Gasteiger partial charge in [0, 0.05) is 31.3 Å². The number of carbonyl (C=O) groups excluding carboxylic acids is 1. The van der Waals surface area contributed by atoms with Gasteiger partial charge in [0.15, 0.2) is 5.96 Å². The van der Waals surface area contributed by atoms with Crippen LogP contribution in [0.25, 0.3) is 0 Å². The molecule has 0 saturated carbocycles. The lowest BCUT2D eigenvalue weighted by molar-refractivity contribution is 0.0939. The van der Waals surface area contributed by atoms with E-state index < -0.39 is 0 Å². The van der Waals surface area contributed by atoms with Crippen molar-refractivity contribution in [3.63, 3.8) is 0 Å². The molecule has 0 aliphatic rings. The molecule has 1 amide bonds. The maximum absolute atomic E-state index is 12.1. The molecule has 0 saturated heterocycles. The number of aliphatic imine (C=N–C) groups is 1. The zero-order valence-corrected chi connectivity index (χ0v) is 16.1. The van der Waals surface area contributed by atoms with Crippen LogP contribution in [-0.4, -0.2) is 44.2 Å². The smallest absolute Gasteiger partial charge is 0.251 e. The standard InChI is InChI=1S/C19H32N4O2/c1-6-14(3)22-18(24)17-10-8-16(9-11-17)12-21-19(20-7-2)23-15(4)13-25-5/h8-11,14-15H,6-7,12-13H2,1-5H3,(H,22,24)(H2,20,21,23). The Hall–Kier alpha value is -2.08. The van der Waals surface area contributed by atoms with Gasteiger partial charge in [0.1, 0.15) is 0 Å². The summed E-state index contributed by atoms with van der Waals surface area (Å²) in [5.74, 6) is 0.721. The van der Waals surface area contributed by atoms with Crippen LogP contribution in [0.3, 0.4) is 0 Å². The topological polar surface area (TPSA) is 74.8 Å². The van der Waals surface area contributed by atoms with Gasteiger partial charge < -0.3 is 20.7 Å². The van der Waals surface area contributed by atoms with E-state index in [1.165, 1.54) is 0 Å². The van der Waals surface area contributed by atoms with Gasteiger partial charge >= 0.3 is 0 Å². The van der Waals surface area contributed by atoms with E-state index in [1.54, 1.807) is 7.11 Å². The second kappa shape index (κ2) is 11.5. The number of rotatable bonds is 9. The number of carbonyl (C=O) groups is 1. The van der Waals surface area contributed by atoms with Crippen LogP contribution >= 0.6 is 0 Å². The molecule has 0 bridgehead atoms. The first kappa shape index (κ1) is 21.0. The highest BCUT2D eigenvalue weighted by atomic mass is 16.5. The van der Waals surface area contributed by atoms with Crippen molar-refractivity contribution in [2.45, 2.75) is 52.7 Å². The number of ether oxygens (including phenoxy) is 1. The molecule has 1 aromatic carbocycles. The van der Waals surface area contributed by atoms with Gasteiger partial charge in [-0.15, -0.1) is 0 Å². The average Bonchev–Trinajstić information content (AvgIpc) is 2.60. The van der Waals surface area contributed by atoms with Crippen molar-refractivity contribution in [3.05, 3.63) is 35.4 Å². The molecule has 0 aliphatic heterocycles. The van der Waals surface area contributed by atoms with Gasteiger partial charge in [-0.05, 0) is 44.9 Å². The summed E-state index contributed by atoms with van der Waals surface area (Å²) >= 11 is 0. The first-order valence-electron chi connectivity index (χ1n) is 8.93. The second-order valence-electron chi connectivity index (χ2n) is 6.18. The molecule has 3 N–H and O–H groups in total. The van der Waals surface area contributed by atoms with Crippen molar-refractivity contribution in [1.29, 1.82) is 0 Å². The van der Waals surface area contributed by atoms with E-state index in [0.29, 0.717) is 18.7 Å². The van der Waals surface area contributed by atoms with Crippen molar-refractivity contribution in [1.82, 2.24) is 16.0 Å². The van der Waals surface area contributed by atoms with E-state index >= 15 is 0 Å². The van der Waals surface area contributed by atoms with Crippen LogP contribution in [0.5, 0.6) is 0 Å². The van der Waals surface area contributed by atoms with Crippen LogP contribution < -0.4 is 16.0 Å². The fourth-order valence-corrected chi connectivity index (χ4v) is 2.19. The molecule has 0 aliphatic carbocycles. The van der Waals surface area contributed by atoms with Gasteiger partial charge in [-0.25, -0.2) is 4.99 Å². The van der Waals surface area contributed by atoms with E-state index in [-0.39, 0.29) is 18.0 Å². The van der Waals surface area contributed by atoms with Gasteiger partial charge in [0.05, 0.1) is 13.2 Å². The molecular formula is C19H32N4O2. The molecule has 0 aromatic heterocycles. The molecule has 1 rings (SSSR count). The SMILES string of the molecule is CCNC(=NCc1ccc(C(=O)NC(C)CC)cc1)NC(C)COC. The normalized spacial score (nSPS) is 13.9. The molecule has 0 radical (unpaired) electrons. The van der Waals surface area contributed by atoms with E-state index in [2.05, 4.69) is 27.9 Å². The molecule has 1 aromatic rings. The van der Waals surface area contributed by atoms with Gasteiger partial charge in [-0.1, -0.05) is 19.1 Å². The largest absolute Gasteiger partial charge is 0.383 e. The highest BCUT2D eigenvalue weighted by Crippen LogP contribution is 2.06. The Balaban J connectivity index is 2.66. The third-order valence-corrected chi connectivity index (χ3v) is 3.77. The Morgan fingerprint density at radius 2 is 1.80 bits per heavy atom. The number of nitrogens with zero attached hydrogens (tertiary/aromatic N) is 1. The summed E-state index contributed by atoms with van der Waals surface area (Å²) in [7, 11) is 1.68. The Morgan fingerprint density at radius 3 is 2.36 bits per heavy atom. The summed E-state index contributed by atoms with van der Waals surface area (Å²) in [6.45, 7) is 10.1. The Labute approximate surface area is 151 Å². The molecule has 6 heteroatoms. The predicted octanol–water partition coefficient (Wildman–Crippen LogP) is 2.30. The summed E-state index contributed by atoms with van der Waals surface area (Å²) in [4.78, 5) is 16.7. The molecular weight excluding hydrogens is 316 g/mol. The quantitative estimate of drug-likeness (QED) is 0.473. The molecule has 0 spiro atoms. The van der Waals surface area contributed by atoms with E-state index in [9.17, 15) is 4.79 Å². The minimum atomic E-state index is -0.0344. The van der Waals surface area contributed by atoms with Crippen molar-refractivity contribution in [3.8, 4) is 0 Å². The summed E-state index contributed by atoms with van der Waals surface area (Å²) in [5, 5.41) is 9.48. The van der Waals surface area contributed by atoms with Crippen LogP contribution in [0.2, 0.25) is 0 Å². The number of amides is 1. The first-order chi connectivity index (χ1) is 12.0. The second-order valence-corrected chi connectivity index (χ2v) is 6.18. The van der Waals surface area contributed by atoms with Gasteiger partial charge in [-0.3, -0.25) is 4.79 Å². The maximum atomic E-state index is 12.1. The van der Waals surface area contributed by atoms with Crippen molar-refractivity contribution in [2.24, 2.45) is 4.99 Å². The van der Waals surface area contributed by atoms with Gasteiger partial charge in [-0.2, -0.15) is 0 Å². The molecule has 0 heterocycles.